The van der Waals surface area contributed by atoms with E-state index in [0.29, 0.717) is 22.5 Å². The quantitative estimate of drug-likeness (QED) is 0.0710. The van der Waals surface area contributed by atoms with E-state index in [0.717, 1.165) is 79.5 Å². The van der Waals surface area contributed by atoms with Crippen LogP contribution in [0.25, 0.3) is 0 Å². The lowest BCUT2D eigenvalue weighted by Crippen LogP contribution is -2.51. The minimum Gasteiger partial charge on any atom is -0.458 e. The molecule has 2 aromatic carbocycles. The number of esters is 1. The third-order valence-electron chi connectivity index (χ3n) is 13.4. The minimum absolute atomic E-state index is 0.148. The van der Waals surface area contributed by atoms with Crippen molar-refractivity contribution < 1.29 is 27.1 Å². The summed E-state index contributed by atoms with van der Waals surface area (Å²) in [4.78, 5) is 23.3. The Hall–Kier alpha value is -3.04. The average molecular weight is 706 g/mol. The van der Waals surface area contributed by atoms with Crippen LogP contribution in [-0.2, 0) is 25.6 Å². The number of fused-ring (bicyclic) bond motifs is 5. The first-order valence-corrected chi connectivity index (χ1v) is 20.3. The molecule has 4 aliphatic rings. The molecule has 0 N–H and O–H groups in total. The van der Waals surface area contributed by atoms with Gasteiger partial charge in [-0.1, -0.05) is 77.7 Å². The molecule has 50 heavy (non-hydrogen) atoms. The van der Waals surface area contributed by atoms with Gasteiger partial charge in [-0.25, -0.2) is 4.79 Å². The molecule has 0 amide bonds. The van der Waals surface area contributed by atoms with Gasteiger partial charge in [0.1, 0.15) is 6.10 Å². The van der Waals surface area contributed by atoms with E-state index >= 15 is 0 Å². The second-order valence-electron chi connectivity index (χ2n) is 16.7. The number of ether oxygens (including phenoxy) is 1. The number of allylic oxidation sites excluding steroid dienone is 1. The zero-order chi connectivity index (χ0) is 35.8. The third kappa shape index (κ3) is 7.32. The molecule has 4 aliphatic carbocycles. The first-order chi connectivity index (χ1) is 23.7. The maximum atomic E-state index is 13.2. The smallest absolute Gasteiger partial charge is 0.338 e. The van der Waals surface area contributed by atoms with E-state index in [1.807, 2.05) is 0 Å². The summed E-state index contributed by atoms with van der Waals surface area (Å²) in [5.74, 6) is 4.38. The first kappa shape index (κ1) is 36.7. The molecule has 0 spiro atoms. The van der Waals surface area contributed by atoms with Crippen LogP contribution in [0.1, 0.15) is 121 Å². The summed E-state index contributed by atoms with van der Waals surface area (Å²) in [5.41, 5.74) is 2.92. The number of hydrogen-bond acceptors (Lipinski definition) is 7. The molecule has 0 aromatic heterocycles. The van der Waals surface area contributed by atoms with Gasteiger partial charge < -0.3 is 4.74 Å². The van der Waals surface area contributed by atoms with Crippen molar-refractivity contribution in [1.29, 1.82) is 0 Å². The number of nitro benzene ring substituents is 1. The summed E-state index contributed by atoms with van der Waals surface area (Å²) in [6.45, 7) is 12.1. The topological polar surface area (TPSA) is 113 Å². The van der Waals surface area contributed by atoms with Crippen molar-refractivity contribution in [2.24, 2.45) is 46.3 Å². The Bertz CT molecular complexity index is 1680. The number of nitrogens with zero attached hydrogens (tertiary/aromatic N) is 1. The van der Waals surface area contributed by atoms with Crippen LogP contribution in [-0.4, -0.2) is 25.4 Å². The molecule has 6 rings (SSSR count). The Morgan fingerprint density at radius 3 is 2.34 bits per heavy atom. The fourth-order valence-electron chi connectivity index (χ4n) is 10.7. The molecule has 2 aromatic rings. The van der Waals surface area contributed by atoms with Gasteiger partial charge in [-0.3, -0.25) is 14.3 Å². The summed E-state index contributed by atoms with van der Waals surface area (Å²) in [6.07, 6.45) is 15.8. The van der Waals surface area contributed by atoms with Crippen LogP contribution in [0.4, 0.5) is 5.69 Å². The summed E-state index contributed by atoms with van der Waals surface area (Å²) >= 11 is 0. The predicted molar refractivity (Wildman–Crippen MR) is 194 cm³/mol. The van der Waals surface area contributed by atoms with Gasteiger partial charge in [0.2, 0.25) is 0 Å². The molecule has 9 heteroatoms. The van der Waals surface area contributed by atoms with Crippen molar-refractivity contribution in [2.45, 2.75) is 123 Å². The Labute approximate surface area is 298 Å². The van der Waals surface area contributed by atoms with Crippen LogP contribution < -0.4 is 0 Å². The zero-order valence-corrected chi connectivity index (χ0v) is 31.3. The highest BCUT2D eigenvalue weighted by Gasteiger charge is 2.59. The average Bonchev–Trinajstić information content (AvgIpc) is 3.45. The maximum absolute atomic E-state index is 13.2. The number of non-ortho nitro benzene ring substituents is 1. The van der Waals surface area contributed by atoms with Crippen LogP contribution in [0.5, 0.6) is 0 Å². The fraction of sp³-hybridized carbons (Fsp3) is 0.634. The Morgan fingerprint density at radius 2 is 1.66 bits per heavy atom. The molecule has 3 saturated carbocycles. The van der Waals surface area contributed by atoms with Crippen LogP contribution >= 0.6 is 0 Å². The molecular formula is C41H55NO7S. The number of rotatable bonds is 12. The fourth-order valence-corrected chi connectivity index (χ4v) is 11.6. The van der Waals surface area contributed by atoms with Crippen molar-refractivity contribution in [2.75, 3.05) is 0 Å². The molecule has 0 heterocycles. The summed E-state index contributed by atoms with van der Waals surface area (Å²) in [5, 5.41) is 10.9. The van der Waals surface area contributed by atoms with Gasteiger partial charge in [0.05, 0.1) is 22.0 Å². The van der Waals surface area contributed by atoms with E-state index in [2.05, 4.69) is 40.7 Å². The van der Waals surface area contributed by atoms with Crippen molar-refractivity contribution >= 4 is 21.8 Å². The van der Waals surface area contributed by atoms with Crippen LogP contribution in [0.15, 0.2) is 65.1 Å². The highest BCUT2D eigenvalue weighted by atomic mass is 32.2. The molecule has 3 fully saturated rings. The first-order valence-electron chi connectivity index (χ1n) is 18.8. The number of carbonyl (C=O) groups excluding carboxylic acids is 1. The van der Waals surface area contributed by atoms with E-state index in [9.17, 15) is 23.3 Å². The zero-order valence-electron chi connectivity index (χ0n) is 30.4. The molecule has 0 bridgehead atoms. The Morgan fingerprint density at radius 1 is 0.940 bits per heavy atom. The van der Waals surface area contributed by atoms with Crippen molar-refractivity contribution in [1.82, 2.24) is 0 Å². The molecule has 8 nitrogen and oxygen atoms in total. The highest BCUT2D eigenvalue weighted by Crippen LogP contribution is 2.67. The number of benzene rings is 2. The second-order valence-corrected chi connectivity index (χ2v) is 18.3. The lowest BCUT2D eigenvalue weighted by Gasteiger charge is -2.58. The van der Waals surface area contributed by atoms with Gasteiger partial charge in [-0.05, 0) is 121 Å². The van der Waals surface area contributed by atoms with Gasteiger partial charge >= 0.3 is 5.97 Å². The van der Waals surface area contributed by atoms with E-state index in [-0.39, 0.29) is 34.7 Å². The van der Waals surface area contributed by atoms with E-state index in [1.54, 1.807) is 24.3 Å². The van der Waals surface area contributed by atoms with E-state index in [4.69, 9.17) is 8.92 Å². The molecule has 1 unspecified atom stereocenters. The lowest BCUT2D eigenvalue weighted by molar-refractivity contribution is -0.384. The van der Waals surface area contributed by atoms with Gasteiger partial charge in [0, 0.05) is 18.6 Å². The predicted octanol–water partition coefficient (Wildman–Crippen LogP) is 10.1. The monoisotopic (exact) mass is 705 g/mol. The summed E-state index contributed by atoms with van der Waals surface area (Å²) in [7, 11) is -4.11. The Balaban J connectivity index is 1.03. The molecular weight excluding hydrogens is 651 g/mol. The minimum atomic E-state index is -4.11. The van der Waals surface area contributed by atoms with Gasteiger partial charge in [0.15, 0.2) is 0 Å². The van der Waals surface area contributed by atoms with Crippen LogP contribution in [0.3, 0.4) is 0 Å². The largest absolute Gasteiger partial charge is 0.458 e. The van der Waals surface area contributed by atoms with Crippen molar-refractivity contribution in [3.05, 3.63) is 81.4 Å². The Kier molecular flexibility index (Phi) is 10.7. The lowest BCUT2D eigenvalue weighted by atomic mass is 9.47. The van der Waals surface area contributed by atoms with Gasteiger partial charge in [-0.2, -0.15) is 8.42 Å². The number of nitro groups is 1. The van der Waals surface area contributed by atoms with Crippen molar-refractivity contribution in [3.63, 3.8) is 0 Å². The normalized spacial score (nSPS) is 31.2. The second kappa shape index (κ2) is 14.5. The summed E-state index contributed by atoms with van der Waals surface area (Å²) < 4.78 is 36.4. The standard InChI is InChI=1S/C41H55NO7S/c1-27(2)7-6-8-28(3)36-19-20-37-35-18-13-31-25-33(21-23-40(31,4)38(35)22-24-41(36,37)5)49-39(43)30-11-9-29(10-12-30)26-48-50(46,47)34-16-14-32(15-17-34)42(44)45/h9-17,27-28,33,35-38H,6-8,18-26H2,1-5H3/t28-,33?,35+,36-,37+,38+,40+,41-/m1/s1. The molecule has 0 radical (unpaired) electrons. The molecule has 0 aliphatic heterocycles. The van der Waals surface area contributed by atoms with Crippen LogP contribution in [0.2, 0.25) is 0 Å². The van der Waals surface area contributed by atoms with Gasteiger partial charge in [-0.15, -0.1) is 0 Å². The van der Waals surface area contributed by atoms with Crippen LogP contribution in [0, 0.1) is 56.5 Å². The van der Waals surface area contributed by atoms with E-state index in [1.165, 1.54) is 50.5 Å². The SMILES string of the molecule is CC(C)CCC[C@@H](C)[C@H]1CC[C@H]2[C@@H]3CC=C4CC(OC(=O)c5ccc(COS(=O)(=O)c6ccc([N+](=O)[O-])cc6)cc5)CC[C@]4(C)[C@H]3CC[C@]12C. The molecule has 0 saturated heterocycles. The molecule has 272 valence electrons. The highest BCUT2D eigenvalue weighted by molar-refractivity contribution is 7.86. The summed E-state index contributed by atoms with van der Waals surface area (Å²) in [6, 6.07) is 11.1. The maximum Gasteiger partial charge on any atom is 0.338 e. The third-order valence-corrected chi connectivity index (χ3v) is 14.7. The van der Waals surface area contributed by atoms with E-state index < -0.39 is 15.0 Å². The van der Waals surface area contributed by atoms with Gasteiger partial charge in [0.25, 0.3) is 15.8 Å². The molecule has 8 atom stereocenters. The number of carbonyl (C=O) groups is 1. The number of hydrogen-bond donors (Lipinski definition) is 0. The van der Waals surface area contributed by atoms with Crippen molar-refractivity contribution in [3.8, 4) is 0 Å².